The van der Waals surface area contributed by atoms with Gasteiger partial charge in [0.1, 0.15) is 5.60 Å². The highest BCUT2D eigenvalue weighted by atomic mass is 16.6. The zero-order chi connectivity index (χ0) is 18.7. The van der Waals surface area contributed by atoms with Crippen LogP contribution in [0.1, 0.15) is 20.8 Å². The maximum Gasteiger partial charge on any atom is 0.410 e. The topological polar surface area (TPSA) is 86.0 Å². The number of rotatable bonds is 10. The predicted molar refractivity (Wildman–Crippen MR) is 99.8 cm³/mol. The van der Waals surface area contributed by atoms with Crippen molar-refractivity contribution in [2.24, 2.45) is 0 Å². The minimum Gasteiger partial charge on any atom is -0.444 e. The first-order valence-corrected chi connectivity index (χ1v) is 8.47. The van der Waals surface area contributed by atoms with Gasteiger partial charge < -0.3 is 30.2 Å². The summed E-state index contributed by atoms with van der Waals surface area (Å²) in [6, 6.07) is 7.61. The molecule has 7 nitrogen and oxygen atoms in total. The molecule has 0 heterocycles. The number of para-hydroxylation sites is 2. The van der Waals surface area contributed by atoms with E-state index < -0.39 is 5.60 Å². The highest BCUT2D eigenvalue weighted by molar-refractivity contribution is 5.67. The lowest BCUT2D eigenvalue weighted by molar-refractivity contribution is 0.0167. The average molecular weight is 353 g/mol. The molecule has 0 aromatic heterocycles. The third-order valence-electron chi connectivity index (χ3n) is 3.17. The van der Waals surface area contributed by atoms with E-state index in [1.54, 1.807) is 7.05 Å². The first-order valence-electron chi connectivity index (χ1n) is 8.47. The molecule has 0 radical (unpaired) electrons. The minimum absolute atomic E-state index is 0.349. The zero-order valence-electron chi connectivity index (χ0n) is 15.7. The quantitative estimate of drug-likeness (QED) is 0.497. The standard InChI is InChI=1S/C18H31N3O4/c1-18(2,3)25-17(22)21(4)10-12-24-14-13-23-11-9-20-16-8-6-5-7-15(16)19/h5-8,20H,9-14,19H2,1-4H3. The van der Waals surface area contributed by atoms with E-state index in [2.05, 4.69) is 5.32 Å². The maximum absolute atomic E-state index is 11.7. The third kappa shape index (κ3) is 9.79. The van der Waals surface area contributed by atoms with Crippen molar-refractivity contribution in [2.75, 3.05) is 57.6 Å². The molecular weight excluding hydrogens is 322 g/mol. The van der Waals surface area contributed by atoms with Crippen molar-refractivity contribution < 1.29 is 19.0 Å². The van der Waals surface area contributed by atoms with Crippen molar-refractivity contribution in [3.8, 4) is 0 Å². The Bertz CT molecular complexity index is 517. The number of nitrogen functional groups attached to an aromatic ring is 1. The fourth-order valence-corrected chi connectivity index (χ4v) is 1.87. The molecule has 0 spiro atoms. The lowest BCUT2D eigenvalue weighted by Gasteiger charge is -2.24. The van der Waals surface area contributed by atoms with E-state index in [0.29, 0.717) is 39.5 Å². The van der Waals surface area contributed by atoms with E-state index >= 15 is 0 Å². The van der Waals surface area contributed by atoms with Gasteiger partial charge in [0, 0.05) is 20.1 Å². The summed E-state index contributed by atoms with van der Waals surface area (Å²) in [4.78, 5) is 13.2. The zero-order valence-corrected chi connectivity index (χ0v) is 15.7. The van der Waals surface area contributed by atoms with Gasteiger partial charge in [-0.1, -0.05) is 12.1 Å². The molecular formula is C18H31N3O4. The van der Waals surface area contributed by atoms with Crippen LogP contribution in [0.25, 0.3) is 0 Å². The molecule has 0 aliphatic carbocycles. The van der Waals surface area contributed by atoms with E-state index in [1.807, 2.05) is 45.0 Å². The second-order valence-electron chi connectivity index (χ2n) is 6.64. The van der Waals surface area contributed by atoms with Crippen molar-refractivity contribution in [3.05, 3.63) is 24.3 Å². The van der Waals surface area contributed by atoms with Gasteiger partial charge in [0.2, 0.25) is 0 Å². The van der Waals surface area contributed by atoms with Crippen LogP contribution in [-0.4, -0.2) is 63.2 Å². The smallest absolute Gasteiger partial charge is 0.410 e. The Balaban J connectivity index is 1.98. The van der Waals surface area contributed by atoms with Crippen molar-refractivity contribution in [1.82, 2.24) is 4.90 Å². The predicted octanol–water partition coefficient (Wildman–Crippen LogP) is 2.58. The number of amides is 1. The number of likely N-dealkylation sites (N-methyl/N-ethyl adjacent to an activating group) is 1. The van der Waals surface area contributed by atoms with Crippen molar-refractivity contribution in [2.45, 2.75) is 26.4 Å². The van der Waals surface area contributed by atoms with Gasteiger partial charge in [0.05, 0.1) is 37.8 Å². The Hall–Kier alpha value is -1.99. The van der Waals surface area contributed by atoms with Gasteiger partial charge in [-0.25, -0.2) is 4.79 Å². The molecule has 0 aliphatic rings. The summed E-state index contributed by atoms with van der Waals surface area (Å²) in [5, 5.41) is 3.21. The van der Waals surface area contributed by atoms with Gasteiger partial charge in [0.25, 0.3) is 0 Å². The largest absolute Gasteiger partial charge is 0.444 e. The first kappa shape index (κ1) is 21.1. The molecule has 0 bridgehead atoms. The van der Waals surface area contributed by atoms with Crippen LogP contribution in [0.3, 0.4) is 0 Å². The molecule has 3 N–H and O–H groups in total. The summed E-state index contributed by atoms with van der Waals surface area (Å²) >= 11 is 0. The lowest BCUT2D eigenvalue weighted by Crippen LogP contribution is -2.36. The maximum atomic E-state index is 11.7. The van der Waals surface area contributed by atoms with Gasteiger partial charge in [0.15, 0.2) is 0 Å². The number of nitrogens with two attached hydrogens (primary N) is 1. The molecule has 1 aromatic rings. The fraction of sp³-hybridized carbons (Fsp3) is 0.611. The number of ether oxygens (including phenoxy) is 3. The highest BCUT2D eigenvalue weighted by Gasteiger charge is 2.19. The fourth-order valence-electron chi connectivity index (χ4n) is 1.87. The van der Waals surface area contributed by atoms with E-state index in [1.165, 1.54) is 4.90 Å². The number of hydrogen-bond donors (Lipinski definition) is 2. The minimum atomic E-state index is -0.488. The van der Waals surface area contributed by atoms with E-state index in [-0.39, 0.29) is 6.09 Å². The normalized spacial score (nSPS) is 11.2. The Morgan fingerprint density at radius 3 is 2.40 bits per heavy atom. The van der Waals surface area contributed by atoms with Crippen LogP contribution in [0.4, 0.5) is 16.2 Å². The Kier molecular flexibility index (Phi) is 9.08. The Labute approximate surface area is 150 Å². The molecule has 0 unspecified atom stereocenters. The van der Waals surface area contributed by atoms with Crippen LogP contribution < -0.4 is 11.1 Å². The molecule has 25 heavy (non-hydrogen) atoms. The van der Waals surface area contributed by atoms with Gasteiger partial charge in [-0.05, 0) is 32.9 Å². The molecule has 1 rings (SSSR count). The van der Waals surface area contributed by atoms with Crippen LogP contribution in [0, 0.1) is 0 Å². The number of carbonyl (C=O) groups excluding carboxylic acids is 1. The second kappa shape index (κ2) is 10.8. The summed E-state index contributed by atoms with van der Waals surface area (Å²) in [6.07, 6.45) is -0.349. The SMILES string of the molecule is CN(CCOCCOCCNc1ccccc1N)C(=O)OC(C)(C)C. The van der Waals surface area contributed by atoms with Crippen molar-refractivity contribution in [1.29, 1.82) is 0 Å². The summed E-state index contributed by atoms with van der Waals surface area (Å²) in [6.45, 7) is 8.67. The summed E-state index contributed by atoms with van der Waals surface area (Å²) in [5.74, 6) is 0. The molecule has 1 aromatic carbocycles. The monoisotopic (exact) mass is 353 g/mol. The molecule has 0 saturated carbocycles. The summed E-state index contributed by atoms with van der Waals surface area (Å²) < 4.78 is 16.2. The molecule has 7 heteroatoms. The number of carbonyl (C=O) groups is 1. The van der Waals surface area contributed by atoms with E-state index in [4.69, 9.17) is 19.9 Å². The summed E-state index contributed by atoms with van der Waals surface area (Å²) in [7, 11) is 1.69. The van der Waals surface area contributed by atoms with Crippen LogP contribution in [0.15, 0.2) is 24.3 Å². The second-order valence-corrected chi connectivity index (χ2v) is 6.64. The summed E-state index contributed by atoms with van der Waals surface area (Å²) in [5.41, 5.74) is 6.98. The van der Waals surface area contributed by atoms with E-state index in [9.17, 15) is 4.79 Å². The number of nitrogens with zero attached hydrogens (tertiary/aromatic N) is 1. The molecule has 0 atom stereocenters. The van der Waals surface area contributed by atoms with Crippen LogP contribution >= 0.6 is 0 Å². The highest BCUT2D eigenvalue weighted by Crippen LogP contribution is 2.15. The van der Waals surface area contributed by atoms with Gasteiger partial charge >= 0.3 is 6.09 Å². The average Bonchev–Trinajstić information content (AvgIpc) is 2.53. The van der Waals surface area contributed by atoms with Gasteiger partial charge in [-0.2, -0.15) is 0 Å². The van der Waals surface area contributed by atoms with Crippen LogP contribution in [-0.2, 0) is 14.2 Å². The van der Waals surface area contributed by atoms with Crippen molar-refractivity contribution >= 4 is 17.5 Å². The van der Waals surface area contributed by atoms with Gasteiger partial charge in [-0.15, -0.1) is 0 Å². The Morgan fingerprint density at radius 2 is 1.76 bits per heavy atom. The number of nitrogens with one attached hydrogen (secondary N) is 1. The third-order valence-corrected chi connectivity index (χ3v) is 3.17. The number of hydrogen-bond acceptors (Lipinski definition) is 6. The molecule has 0 aliphatic heterocycles. The Morgan fingerprint density at radius 1 is 1.12 bits per heavy atom. The molecule has 0 fully saturated rings. The molecule has 1 amide bonds. The van der Waals surface area contributed by atoms with Crippen LogP contribution in [0.5, 0.6) is 0 Å². The van der Waals surface area contributed by atoms with Gasteiger partial charge in [-0.3, -0.25) is 0 Å². The number of benzene rings is 1. The number of anilines is 2. The molecule has 0 saturated heterocycles. The van der Waals surface area contributed by atoms with Crippen LogP contribution in [0.2, 0.25) is 0 Å². The first-order chi connectivity index (χ1) is 11.8. The van der Waals surface area contributed by atoms with E-state index in [0.717, 1.165) is 11.4 Å². The van der Waals surface area contributed by atoms with Crippen molar-refractivity contribution in [3.63, 3.8) is 0 Å². The molecule has 142 valence electrons. The lowest BCUT2D eigenvalue weighted by atomic mass is 10.2.